The van der Waals surface area contributed by atoms with Crippen molar-refractivity contribution >= 4 is 0 Å². The first kappa shape index (κ1) is 16.1. The number of rotatable bonds is 6. The van der Waals surface area contributed by atoms with Crippen LogP contribution in [0.5, 0.6) is 11.5 Å². The molecule has 118 valence electrons. The van der Waals surface area contributed by atoms with Gasteiger partial charge in [-0.2, -0.15) is 0 Å². The highest BCUT2D eigenvalue weighted by molar-refractivity contribution is 5.31. The second kappa shape index (κ2) is 6.67. The molecule has 0 amide bonds. The Labute approximate surface area is 127 Å². The summed E-state index contributed by atoms with van der Waals surface area (Å²) in [5.74, 6) is 1.16. The van der Waals surface area contributed by atoms with E-state index >= 15 is 0 Å². The van der Waals surface area contributed by atoms with E-state index in [2.05, 4.69) is 13.8 Å². The van der Waals surface area contributed by atoms with E-state index < -0.39 is 5.79 Å². The average Bonchev–Trinajstić information content (AvgIpc) is 2.81. The van der Waals surface area contributed by atoms with Crippen LogP contribution in [0.25, 0.3) is 0 Å². The molecule has 1 fully saturated rings. The highest BCUT2D eigenvalue weighted by Crippen LogP contribution is 2.27. The molecule has 1 aliphatic heterocycles. The molecule has 1 saturated heterocycles. The first-order valence-electron chi connectivity index (χ1n) is 7.65. The molecule has 2 rings (SSSR count). The molecule has 0 aromatic heterocycles. The molecule has 1 aliphatic rings. The van der Waals surface area contributed by atoms with E-state index in [-0.39, 0.29) is 18.3 Å². The van der Waals surface area contributed by atoms with E-state index in [9.17, 15) is 0 Å². The third-order valence-corrected chi connectivity index (χ3v) is 3.61. The van der Waals surface area contributed by atoms with Crippen molar-refractivity contribution in [2.75, 3.05) is 6.61 Å². The van der Waals surface area contributed by atoms with Crippen LogP contribution in [-0.2, 0) is 9.47 Å². The van der Waals surface area contributed by atoms with Crippen molar-refractivity contribution in [2.24, 2.45) is 0 Å². The van der Waals surface area contributed by atoms with Crippen LogP contribution in [0.4, 0.5) is 0 Å². The van der Waals surface area contributed by atoms with E-state index in [1.54, 1.807) is 0 Å². The van der Waals surface area contributed by atoms with Crippen LogP contribution in [0.1, 0.15) is 41.0 Å². The van der Waals surface area contributed by atoms with Gasteiger partial charge in [-0.25, -0.2) is 0 Å². The lowest BCUT2D eigenvalue weighted by molar-refractivity contribution is -0.147. The summed E-state index contributed by atoms with van der Waals surface area (Å²) < 4.78 is 23.0. The van der Waals surface area contributed by atoms with E-state index in [1.807, 2.05) is 45.0 Å². The molecule has 21 heavy (non-hydrogen) atoms. The van der Waals surface area contributed by atoms with Gasteiger partial charge in [0.1, 0.15) is 23.7 Å². The minimum absolute atomic E-state index is 0.0453. The van der Waals surface area contributed by atoms with Gasteiger partial charge in [0, 0.05) is 0 Å². The smallest absolute Gasteiger partial charge is 0.163 e. The lowest BCUT2D eigenvalue weighted by atomic mass is 10.2. The van der Waals surface area contributed by atoms with Gasteiger partial charge in [0.15, 0.2) is 5.79 Å². The van der Waals surface area contributed by atoms with Gasteiger partial charge in [0.05, 0.1) is 12.7 Å². The predicted molar refractivity (Wildman–Crippen MR) is 81.8 cm³/mol. The first-order valence-corrected chi connectivity index (χ1v) is 7.65. The molecule has 1 heterocycles. The minimum atomic E-state index is -0.518. The van der Waals surface area contributed by atoms with Crippen LogP contribution < -0.4 is 9.47 Å². The Kier molecular flexibility index (Phi) is 5.12. The monoisotopic (exact) mass is 294 g/mol. The largest absolute Gasteiger partial charge is 0.491 e. The van der Waals surface area contributed by atoms with Crippen molar-refractivity contribution in [3.63, 3.8) is 0 Å². The van der Waals surface area contributed by atoms with Gasteiger partial charge in [-0.3, -0.25) is 0 Å². The van der Waals surface area contributed by atoms with Gasteiger partial charge < -0.3 is 18.9 Å². The Morgan fingerprint density at radius 1 is 1.14 bits per heavy atom. The summed E-state index contributed by atoms with van der Waals surface area (Å²) in [5.41, 5.74) is 0. The molecule has 1 aromatic rings. The third-order valence-electron chi connectivity index (χ3n) is 3.61. The van der Waals surface area contributed by atoms with Gasteiger partial charge >= 0.3 is 0 Å². The minimum Gasteiger partial charge on any atom is -0.491 e. The third kappa shape index (κ3) is 4.61. The quantitative estimate of drug-likeness (QED) is 0.800. The summed E-state index contributed by atoms with van der Waals surface area (Å²) in [5, 5.41) is 0. The van der Waals surface area contributed by atoms with E-state index in [1.165, 1.54) is 0 Å². The summed E-state index contributed by atoms with van der Waals surface area (Å²) in [6.45, 7) is 10.6. The van der Waals surface area contributed by atoms with Crippen molar-refractivity contribution in [2.45, 2.75) is 65.1 Å². The van der Waals surface area contributed by atoms with Gasteiger partial charge in [-0.1, -0.05) is 6.92 Å². The fraction of sp³-hybridized carbons (Fsp3) is 0.647. The molecule has 0 radical (unpaired) electrons. The predicted octanol–water partition coefficient (Wildman–Crippen LogP) is 3.78. The van der Waals surface area contributed by atoms with E-state index in [0.29, 0.717) is 6.61 Å². The van der Waals surface area contributed by atoms with E-state index in [4.69, 9.17) is 18.9 Å². The van der Waals surface area contributed by atoms with Crippen molar-refractivity contribution < 1.29 is 18.9 Å². The molecule has 4 nitrogen and oxygen atoms in total. The van der Waals surface area contributed by atoms with Crippen LogP contribution in [0.3, 0.4) is 0 Å². The summed E-state index contributed by atoms with van der Waals surface area (Å²) in [6, 6.07) is 7.72. The Bertz CT molecular complexity index is 441. The van der Waals surface area contributed by atoms with Crippen LogP contribution >= 0.6 is 0 Å². The number of hydrogen-bond donors (Lipinski definition) is 0. The fourth-order valence-corrected chi connectivity index (χ4v) is 2.15. The normalized spacial score (nSPS) is 23.6. The molecule has 4 heteroatoms. The van der Waals surface area contributed by atoms with Crippen LogP contribution in [0.15, 0.2) is 24.3 Å². The lowest BCUT2D eigenvalue weighted by Gasteiger charge is -2.22. The maximum atomic E-state index is 5.92. The van der Waals surface area contributed by atoms with Crippen molar-refractivity contribution in [3.05, 3.63) is 24.3 Å². The van der Waals surface area contributed by atoms with Crippen LogP contribution in [-0.4, -0.2) is 30.7 Å². The van der Waals surface area contributed by atoms with Crippen molar-refractivity contribution in [1.29, 1.82) is 0 Å². The SMILES string of the molecule is CCC(C)Oc1ccc(OC(C)C2COC(C)(C)O2)cc1. The first-order chi connectivity index (χ1) is 9.89. The second-order valence-electron chi connectivity index (χ2n) is 6.00. The maximum absolute atomic E-state index is 5.92. The summed E-state index contributed by atoms with van der Waals surface area (Å²) >= 11 is 0. The molecule has 0 bridgehead atoms. The van der Waals surface area contributed by atoms with Gasteiger partial charge in [-0.15, -0.1) is 0 Å². The molecule has 3 unspecified atom stereocenters. The van der Waals surface area contributed by atoms with Crippen LogP contribution in [0.2, 0.25) is 0 Å². The van der Waals surface area contributed by atoms with Gasteiger partial charge in [0.25, 0.3) is 0 Å². The van der Waals surface area contributed by atoms with Crippen molar-refractivity contribution in [3.8, 4) is 11.5 Å². The molecule has 0 aliphatic carbocycles. The topological polar surface area (TPSA) is 36.9 Å². The number of ether oxygens (including phenoxy) is 4. The Balaban J connectivity index is 1.88. The Morgan fingerprint density at radius 2 is 1.71 bits per heavy atom. The second-order valence-corrected chi connectivity index (χ2v) is 6.00. The molecule has 0 saturated carbocycles. The molecular weight excluding hydrogens is 268 g/mol. The zero-order valence-corrected chi connectivity index (χ0v) is 13.6. The summed E-state index contributed by atoms with van der Waals surface area (Å²) in [7, 11) is 0. The van der Waals surface area contributed by atoms with Crippen molar-refractivity contribution in [1.82, 2.24) is 0 Å². The fourth-order valence-electron chi connectivity index (χ4n) is 2.15. The average molecular weight is 294 g/mol. The molecule has 0 N–H and O–H groups in total. The zero-order chi connectivity index (χ0) is 15.5. The number of benzene rings is 1. The number of hydrogen-bond acceptors (Lipinski definition) is 4. The van der Waals surface area contributed by atoms with E-state index in [0.717, 1.165) is 17.9 Å². The van der Waals surface area contributed by atoms with Gasteiger partial charge in [0.2, 0.25) is 0 Å². The van der Waals surface area contributed by atoms with Crippen LogP contribution in [0, 0.1) is 0 Å². The molecule has 0 spiro atoms. The highest BCUT2D eigenvalue weighted by atomic mass is 16.7. The summed E-state index contributed by atoms with van der Waals surface area (Å²) in [6.07, 6.45) is 1.11. The maximum Gasteiger partial charge on any atom is 0.163 e. The summed E-state index contributed by atoms with van der Waals surface area (Å²) in [4.78, 5) is 0. The molecule has 3 atom stereocenters. The standard InChI is InChI=1S/C17H26O4/c1-6-12(2)19-14-7-9-15(10-8-14)20-13(3)16-11-18-17(4,5)21-16/h7-10,12-13,16H,6,11H2,1-5H3. The Hall–Kier alpha value is -1.26. The molecule has 1 aromatic carbocycles. The lowest BCUT2D eigenvalue weighted by Crippen LogP contribution is -2.32. The highest BCUT2D eigenvalue weighted by Gasteiger charge is 2.36. The Morgan fingerprint density at radius 3 is 2.19 bits per heavy atom. The molecular formula is C17H26O4. The van der Waals surface area contributed by atoms with Gasteiger partial charge in [-0.05, 0) is 58.4 Å². The zero-order valence-electron chi connectivity index (χ0n) is 13.6.